The van der Waals surface area contributed by atoms with Crippen LogP contribution in [0.1, 0.15) is 45.8 Å². The molecule has 2 heterocycles. The number of hydrogen-bond donors (Lipinski definition) is 0. The van der Waals surface area contributed by atoms with Crippen LogP contribution in [-0.2, 0) is 29.5 Å². The first-order valence-electron chi connectivity index (χ1n) is 8.60. The van der Waals surface area contributed by atoms with Crippen molar-refractivity contribution in [3.63, 3.8) is 0 Å². The van der Waals surface area contributed by atoms with Gasteiger partial charge in [-0.1, -0.05) is 24.3 Å². The summed E-state index contributed by atoms with van der Waals surface area (Å²) in [5, 5.41) is 0. The molecule has 0 unspecified atom stereocenters. The number of aryl methyl sites for hydroxylation is 1. The molecule has 1 aromatic heterocycles. The number of fused-ring (bicyclic) bond motifs is 1. The zero-order valence-corrected chi connectivity index (χ0v) is 15.2. The van der Waals surface area contributed by atoms with Gasteiger partial charge in [-0.2, -0.15) is 0 Å². The molecular formula is C20H22N2O4. The standard InChI is InChI=1S/C20H22N2O4/c1-13(23)17-10-18(21(3)11-17)20(25)26-14(2)19(24)22-9-8-15-6-4-5-7-16(15)12-22/h4-7,10-11,14H,8-9,12H2,1-3H3/t14-/m1/s1. The van der Waals surface area contributed by atoms with Crippen LogP contribution in [0, 0.1) is 0 Å². The molecule has 1 atom stereocenters. The zero-order chi connectivity index (χ0) is 18.8. The molecule has 6 nitrogen and oxygen atoms in total. The van der Waals surface area contributed by atoms with Crippen molar-refractivity contribution < 1.29 is 19.1 Å². The van der Waals surface area contributed by atoms with Crippen LogP contribution in [-0.4, -0.2) is 39.8 Å². The van der Waals surface area contributed by atoms with E-state index in [1.807, 2.05) is 18.2 Å². The van der Waals surface area contributed by atoms with Gasteiger partial charge in [-0.25, -0.2) is 4.79 Å². The van der Waals surface area contributed by atoms with Crippen molar-refractivity contribution in [2.45, 2.75) is 32.9 Å². The Morgan fingerprint density at radius 2 is 1.85 bits per heavy atom. The number of Topliss-reactive ketones (excluding diaryl/α,β-unsaturated/α-hetero) is 1. The normalized spacial score (nSPS) is 14.5. The van der Waals surface area contributed by atoms with Gasteiger partial charge in [0, 0.05) is 31.9 Å². The molecular weight excluding hydrogens is 332 g/mol. The molecule has 0 aliphatic carbocycles. The number of ether oxygens (including phenoxy) is 1. The van der Waals surface area contributed by atoms with Crippen LogP contribution >= 0.6 is 0 Å². The Labute approximate surface area is 152 Å². The summed E-state index contributed by atoms with van der Waals surface area (Å²) in [5.41, 5.74) is 3.06. The predicted octanol–water partition coefficient (Wildman–Crippen LogP) is 2.36. The Hall–Kier alpha value is -2.89. The lowest BCUT2D eigenvalue weighted by atomic mass is 9.99. The van der Waals surface area contributed by atoms with E-state index in [0.717, 1.165) is 12.0 Å². The van der Waals surface area contributed by atoms with E-state index in [2.05, 4.69) is 6.07 Å². The highest BCUT2D eigenvalue weighted by molar-refractivity contribution is 5.98. The summed E-state index contributed by atoms with van der Waals surface area (Å²) in [7, 11) is 1.66. The van der Waals surface area contributed by atoms with Crippen molar-refractivity contribution in [3.8, 4) is 0 Å². The summed E-state index contributed by atoms with van der Waals surface area (Å²) in [6.07, 6.45) is 1.48. The number of aromatic nitrogens is 1. The minimum Gasteiger partial charge on any atom is -0.448 e. The first-order chi connectivity index (χ1) is 12.4. The van der Waals surface area contributed by atoms with E-state index >= 15 is 0 Å². The van der Waals surface area contributed by atoms with Gasteiger partial charge in [0.15, 0.2) is 11.9 Å². The number of carbonyl (C=O) groups excluding carboxylic acids is 3. The molecule has 136 valence electrons. The monoisotopic (exact) mass is 354 g/mol. The molecule has 0 radical (unpaired) electrons. The van der Waals surface area contributed by atoms with E-state index in [1.165, 1.54) is 23.1 Å². The third kappa shape index (κ3) is 3.54. The number of hydrogen-bond acceptors (Lipinski definition) is 4. The molecule has 2 aromatic rings. The third-order valence-electron chi connectivity index (χ3n) is 4.69. The number of benzene rings is 1. The van der Waals surface area contributed by atoms with Crippen molar-refractivity contribution in [1.82, 2.24) is 9.47 Å². The molecule has 1 amide bonds. The average molecular weight is 354 g/mol. The second-order valence-corrected chi connectivity index (χ2v) is 6.61. The van der Waals surface area contributed by atoms with Gasteiger partial charge in [-0.3, -0.25) is 9.59 Å². The van der Waals surface area contributed by atoms with Crippen molar-refractivity contribution in [3.05, 3.63) is 58.9 Å². The molecule has 26 heavy (non-hydrogen) atoms. The fourth-order valence-electron chi connectivity index (χ4n) is 3.17. The molecule has 0 fully saturated rings. The molecule has 3 rings (SSSR count). The number of ketones is 1. The van der Waals surface area contributed by atoms with E-state index in [9.17, 15) is 14.4 Å². The molecule has 0 bridgehead atoms. The van der Waals surface area contributed by atoms with Crippen LogP contribution in [0.4, 0.5) is 0 Å². The van der Waals surface area contributed by atoms with Crippen LogP contribution in [0.5, 0.6) is 0 Å². The third-order valence-corrected chi connectivity index (χ3v) is 4.69. The van der Waals surface area contributed by atoms with Crippen LogP contribution in [0.3, 0.4) is 0 Å². The smallest absolute Gasteiger partial charge is 0.355 e. The predicted molar refractivity (Wildman–Crippen MR) is 95.9 cm³/mol. The zero-order valence-electron chi connectivity index (χ0n) is 15.2. The van der Waals surface area contributed by atoms with E-state index in [1.54, 1.807) is 25.1 Å². The summed E-state index contributed by atoms with van der Waals surface area (Å²) in [6.45, 7) is 4.15. The lowest BCUT2D eigenvalue weighted by Gasteiger charge is -2.30. The van der Waals surface area contributed by atoms with Gasteiger partial charge in [-0.15, -0.1) is 0 Å². The Morgan fingerprint density at radius 3 is 2.50 bits per heavy atom. The maximum absolute atomic E-state index is 12.7. The average Bonchev–Trinajstić information content (AvgIpc) is 3.02. The number of amides is 1. The fourth-order valence-corrected chi connectivity index (χ4v) is 3.17. The highest BCUT2D eigenvalue weighted by Gasteiger charge is 2.28. The first-order valence-corrected chi connectivity index (χ1v) is 8.60. The minimum absolute atomic E-state index is 0.129. The van der Waals surface area contributed by atoms with Gasteiger partial charge in [0.1, 0.15) is 5.69 Å². The number of nitrogens with zero attached hydrogens (tertiary/aromatic N) is 2. The second-order valence-electron chi connectivity index (χ2n) is 6.61. The fraction of sp³-hybridized carbons (Fsp3) is 0.350. The number of esters is 1. The van der Waals surface area contributed by atoms with Gasteiger partial charge in [0.2, 0.25) is 0 Å². The van der Waals surface area contributed by atoms with Gasteiger partial charge < -0.3 is 14.2 Å². The molecule has 0 saturated heterocycles. The molecule has 1 aliphatic rings. The Morgan fingerprint density at radius 1 is 1.15 bits per heavy atom. The van der Waals surface area contributed by atoms with Crippen LogP contribution in [0.2, 0.25) is 0 Å². The number of carbonyl (C=O) groups is 3. The molecule has 1 aliphatic heterocycles. The van der Waals surface area contributed by atoms with E-state index in [4.69, 9.17) is 4.74 Å². The topological polar surface area (TPSA) is 68.6 Å². The summed E-state index contributed by atoms with van der Waals surface area (Å²) in [6, 6.07) is 9.52. The van der Waals surface area contributed by atoms with Crippen molar-refractivity contribution in [2.75, 3.05) is 6.54 Å². The van der Waals surface area contributed by atoms with Crippen LogP contribution in [0.25, 0.3) is 0 Å². The highest BCUT2D eigenvalue weighted by atomic mass is 16.5. The highest BCUT2D eigenvalue weighted by Crippen LogP contribution is 2.20. The van der Waals surface area contributed by atoms with Gasteiger partial charge in [0.05, 0.1) is 0 Å². The van der Waals surface area contributed by atoms with Gasteiger partial charge in [0.25, 0.3) is 5.91 Å². The maximum Gasteiger partial charge on any atom is 0.355 e. The Kier molecular flexibility index (Phi) is 4.93. The van der Waals surface area contributed by atoms with Crippen molar-refractivity contribution in [1.29, 1.82) is 0 Å². The summed E-state index contributed by atoms with van der Waals surface area (Å²) < 4.78 is 6.89. The second kappa shape index (κ2) is 7.15. The Balaban J connectivity index is 1.66. The molecule has 0 spiro atoms. The van der Waals surface area contributed by atoms with E-state index < -0.39 is 12.1 Å². The summed E-state index contributed by atoms with van der Waals surface area (Å²) >= 11 is 0. The molecule has 0 saturated carbocycles. The Bertz CT molecular complexity index is 868. The van der Waals surface area contributed by atoms with Crippen molar-refractivity contribution in [2.24, 2.45) is 7.05 Å². The molecule has 6 heteroatoms. The molecule has 1 aromatic carbocycles. The lowest BCUT2D eigenvalue weighted by Crippen LogP contribution is -2.42. The van der Waals surface area contributed by atoms with Gasteiger partial charge >= 0.3 is 5.97 Å². The van der Waals surface area contributed by atoms with Crippen molar-refractivity contribution >= 4 is 17.7 Å². The quantitative estimate of drug-likeness (QED) is 0.624. The first kappa shape index (κ1) is 17.9. The van der Waals surface area contributed by atoms with E-state index in [0.29, 0.717) is 18.7 Å². The SMILES string of the molecule is CC(=O)c1cc(C(=O)O[C@H](C)C(=O)N2CCc3ccccc3C2)n(C)c1. The summed E-state index contributed by atoms with van der Waals surface area (Å²) in [5.74, 6) is -0.956. The van der Waals surface area contributed by atoms with Crippen LogP contribution in [0.15, 0.2) is 36.5 Å². The van der Waals surface area contributed by atoms with Crippen LogP contribution < -0.4 is 0 Å². The maximum atomic E-state index is 12.7. The largest absolute Gasteiger partial charge is 0.448 e. The lowest BCUT2D eigenvalue weighted by molar-refractivity contribution is -0.140. The summed E-state index contributed by atoms with van der Waals surface area (Å²) in [4.78, 5) is 38.2. The van der Waals surface area contributed by atoms with E-state index in [-0.39, 0.29) is 17.4 Å². The number of rotatable bonds is 4. The molecule has 0 N–H and O–H groups in total. The van der Waals surface area contributed by atoms with Gasteiger partial charge in [-0.05, 0) is 37.5 Å². The minimum atomic E-state index is -0.886.